The maximum atomic E-state index is 11.0. The lowest BCUT2D eigenvalue weighted by molar-refractivity contribution is -0.385. The normalized spacial score (nSPS) is 26.4. The van der Waals surface area contributed by atoms with Crippen molar-refractivity contribution in [2.75, 3.05) is 0 Å². The predicted octanol–water partition coefficient (Wildman–Crippen LogP) is 3.60. The van der Waals surface area contributed by atoms with Crippen molar-refractivity contribution in [3.05, 3.63) is 39.4 Å². The van der Waals surface area contributed by atoms with Crippen LogP contribution in [0.1, 0.15) is 43.7 Å². The van der Waals surface area contributed by atoms with E-state index in [0.29, 0.717) is 5.92 Å². The molecule has 4 heteroatoms. The maximum Gasteiger partial charge on any atom is 0.272 e. The molecule has 3 atom stereocenters. The van der Waals surface area contributed by atoms with Gasteiger partial charge in [-0.15, -0.1) is 0 Å². The van der Waals surface area contributed by atoms with Gasteiger partial charge in [-0.3, -0.25) is 10.1 Å². The van der Waals surface area contributed by atoms with Gasteiger partial charge in [0.2, 0.25) is 0 Å². The molecule has 0 aromatic heterocycles. The van der Waals surface area contributed by atoms with E-state index in [9.17, 15) is 10.1 Å². The van der Waals surface area contributed by atoms with Gasteiger partial charge in [-0.2, -0.15) is 0 Å². The first-order chi connectivity index (χ1) is 9.52. The summed E-state index contributed by atoms with van der Waals surface area (Å²) >= 11 is 0. The van der Waals surface area contributed by atoms with Crippen LogP contribution in [-0.4, -0.2) is 11.0 Å². The summed E-state index contributed by atoms with van der Waals surface area (Å²) < 4.78 is 0. The summed E-state index contributed by atoms with van der Waals surface area (Å²) in [7, 11) is 0. The lowest BCUT2D eigenvalue weighted by Gasteiger charge is -2.34. The predicted molar refractivity (Wildman–Crippen MR) is 80.6 cm³/mol. The van der Waals surface area contributed by atoms with E-state index in [-0.39, 0.29) is 16.7 Å². The summed E-state index contributed by atoms with van der Waals surface area (Å²) in [4.78, 5) is 10.7. The first-order valence-corrected chi connectivity index (χ1v) is 7.51. The fraction of sp³-hybridized carbons (Fsp3) is 0.625. The highest BCUT2D eigenvalue weighted by molar-refractivity contribution is 5.44. The molecule has 0 heterocycles. The quantitative estimate of drug-likeness (QED) is 0.674. The molecule has 4 nitrogen and oxygen atoms in total. The van der Waals surface area contributed by atoms with Gasteiger partial charge in [-0.1, -0.05) is 25.5 Å². The number of nitro benzene ring substituents is 1. The summed E-state index contributed by atoms with van der Waals surface area (Å²) in [6.45, 7) is 4.08. The van der Waals surface area contributed by atoms with Crippen LogP contribution in [-0.2, 0) is 6.42 Å². The van der Waals surface area contributed by atoms with Crippen molar-refractivity contribution < 1.29 is 4.92 Å². The first-order valence-electron chi connectivity index (χ1n) is 7.51. The fourth-order valence-electron chi connectivity index (χ4n) is 3.36. The van der Waals surface area contributed by atoms with Gasteiger partial charge in [0, 0.05) is 17.7 Å². The van der Waals surface area contributed by atoms with Gasteiger partial charge < -0.3 is 5.73 Å². The van der Waals surface area contributed by atoms with Crippen LogP contribution < -0.4 is 5.73 Å². The van der Waals surface area contributed by atoms with E-state index in [1.807, 2.05) is 13.0 Å². The molecule has 1 fully saturated rings. The molecule has 1 aliphatic rings. The summed E-state index contributed by atoms with van der Waals surface area (Å²) in [6, 6.07) is 5.60. The summed E-state index contributed by atoms with van der Waals surface area (Å²) in [5.41, 5.74) is 8.35. The van der Waals surface area contributed by atoms with E-state index in [1.165, 1.54) is 12.8 Å². The highest BCUT2D eigenvalue weighted by atomic mass is 16.6. The Morgan fingerprint density at radius 3 is 2.80 bits per heavy atom. The van der Waals surface area contributed by atoms with Crippen LogP contribution in [0.4, 0.5) is 5.69 Å². The molecule has 2 N–H and O–H groups in total. The van der Waals surface area contributed by atoms with E-state index in [2.05, 4.69) is 6.92 Å². The standard InChI is InChI=1S/C16H24N2O2/c1-3-12-7-8-15(17)14(9-12)10-13-5-4-6-16(11(13)2)18(19)20/h4-6,12,14-15H,3,7-10,17H2,1-2H3. The summed E-state index contributed by atoms with van der Waals surface area (Å²) in [6.07, 6.45) is 5.53. The molecule has 1 saturated carbocycles. The van der Waals surface area contributed by atoms with Crippen molar-refractivity contribution in [3.63, 3.8) is 0 Å². The first kappa shape index (κ1) is 15.0. The number of hydrogen-bond acceptors (Lipinski definition) is 3. The van der Waals surface area contributed by atoms with E-state index < -0.39 is 0 Å². The average Bonchev–Trinajstić information content (AvgIpc) is 2.43. The van der Waals surface area contributed by atoms with Crippen LogP contribution >= 0.6 is 0 Å². The van der Waals surface area contributed by atoms with Crippen LogP contribution in [0.5, 0.6) is 0 Å². The number of rotatable bonds is 4. The van der Waals surface area contributed by atoms with Crippen LogP contribution in [0.15, 0.2) is 18.2 Å². The molecule has 20 heavy (non-hydrogen) atoms. The van der Waals surface area contributed by atoms with Gasteiger partial charge in [0.15, 0.2) is 0 Å². The third-order valence-electron chi connectivity index (χ3n) is 4.82. The zero-order valence-corrected chi connectivity index (χ0v) is 12.3. The van der Waals surface area contributed by atoms with Gasteiger partial charge in [0.25, 0.3) is 5.69 Å². The highest BCUT2D eigenvalue weighted by Gasteiger charge is 2.28. The van der Waals surface area contributed by atoms with Gasteiger partial charge in [0.1, 0.15) is 0 Å². The Morgan fingerprint density at radius 2 is 2.15 bits per heavy atom. The molecule has 3 unspecified atom stereocenters. The molecular weight excluding hydrogens is 252 g/mol. The van der Waals surface area contributed by atoms with Crippen molar-refractivity contribution in [2.45, 2.75) is 52.0 Å². The Bertz CT molecular complexity index is 487. The Kier molecular flexibility index (Phi) is 4.76. The van der Waals surface area contributed by atoms with Crippen LogP contribution in [0.3, 0.4) is 0 Å². The number of nitrogens with zero attached hydrogens (tertiary/aromatic N) is 1. The topological polar surface area (TPSA) is 69.2 Å². The Morgan fingerprint density at radius 1 is 1.40 bits per heavy atom. The largest absolute Gasteiger partial charge is 0.327 e. The molecule has 0 spiro atoms. The Hall–Kier alpha value is -1.42. The highest BCUT2D eigenvalue weighted by Crippen LogP contribution is 2.34. The number of hydrogen-bond donors (Lipinski definition) is 1. The van der Waals surface area contributed by atoms with Gasteiger partial charge in [-0.05, 0) is 50.0 Å². The van der Waals surface area contributed by atoms with Gasteiger partial charge in [0.05, 0.1) is 4.92 Å². The van der Waals surface area contributed by atoms with Gasteiger partial charge >= 0.3 is 0 Å². The van der Waals surface area contributed by atoms with Crippen LogP contribution in [0, 0.1) is 28.9 Å². The van der Waals surface area contributed by atoms with E-state index >= 15 is 0 Å². The number of benzene rings is 1. The molecule has 110 valence electrons. The Labute approximate surface area is 120 Å². The zero-order chi connectivity index (χ0) is 14.7. The third kappa shape index (κ3) is 3.18. The van der Waals surface area contributed by atoms with Crippen molar-refractivity contribution in [3.8, 4) is 0 Å². The molecule has 0 bridgehead atoms. The SMILES string of the molecule is CCC1CCC(N)C(Cc2cccc([N+](=O)[O-])c2C)C1. The molecule has 1 aromatic carbocycles. The third-order valence-corrected chi connectivity index (χ3v) is 4.82. The second kappa shape index (κ2) is 6.35. The van der Waals surface area contributed by atoms with Crippen molar-refractivity contribution in [1.82, 2.24) is 0 Å². The lowest BCUT2D eigenvalue weighted by atomic mass is 9.74. The fourth-order valence-corrected chi connectivity index (χ4v) is 3.36. The minimum atomic E-state index is -0.297. The van der Waals surface area contributed by atoms with E-state index in [0.717, 1.165) is 36.3 Å². The zero-order valence-electron chi connectivity index (χ0n) is 12.3. The minimum Gasteiger partial charge on any atom is -0.327 e. The Balaban J connectivity index is 2.16. The molecule has 0 amide bonds. The summed E-state index contributed by atoms with van der Waals surface area (Å²) in [5.74, 6) is 1.22. The van der Waals surface area contributed by atoms with Gasteiger partial charge in [-0.25, -0.2) is 0 Å². The smallest absolute Gasteiger partial charge is 0.272 e. The summed E-state index contributed by atoms with van der Waals surface area (Å²) in [5, 5.41) is 11.0. The molecule has 1 aromatic rings. The molecular formula is C16H24N2O2. The van der Waals surface area contributed by atoms with Crippen molar-refractivity contribution >= 4 is 5.69 Å². The van der Waals surface area contributed by atoms with Crippen molar-refractivity contribution in [2.24, 2.45) is 17.6 Å². The molecule has 0 radical (unpaired) electrons. The maximum absolute atomic E-state index is 11.0. The number of nitrogens with two attached hydrogens (primary N) is 1. The van der Waals surface area contributed by atoms with Crippen molar-refractivity contribution in [1.29, 1.82) is 0 Å². The molecule has 1 aliphatic carbocycles. The molecule has 0 saturated heterocycles. The second-order valence-electron chi connectivity index (χ2n) is 6.03. The monoisotopic (exact) mass is 276 g/mol. The molecule has 0 aliphatic heterocycles. The van der Waals surface area contributed by atoms with Crippen LogP contribution in [0.2, 0.25) is 0 Å². The number of nitro groups is 1. The van der Waals surface area contributed by atoms with E-state index in [1.54, 1.807) is 12.1 Å². The van der Waals surface area contributed by atoms with Crippen LogP contribution in [0.25, 0.3) is 0 Å². The molecule has 2 rings (SSSR count). The lowest BCUT2D eigenvalue weighted by Crippen LogP contribution is -2.37. The van der Waals surface area contributed by atoms with E-state index in [4.69, 9.17) is 5.73 Å². The second-order valence-corrected chi connectivity index (χ2v) is 6.03. The average molecular weight is 276 g/mol. The minimum absolute atomic E-state index is 0.221.